The summed E-state index contributed by atoms with van der Waals surface area (Å²) in [6, 6.07) is 4.05. The first-order valence-corrected chi connectivity index (χ1v) is 5.07. The monoisotopic (exact) mass is 326 g/mol. The molecule has 0 aromatic heterocycles. The van der Waals surface area contributed by atoms with Gasteiger partial charge in [-0.2, -0.15) is 0 Å². The Morgan fingerprint density at radius 3 is 2.73 bits per heavy atom. The lowest BCUT2D eigenvalue weighted by Crippen LogP contribution is -1.89. The zero-order valence-corrected chi connectivity index (χ0v) is 9.81. The predicted octanol–water partition coefficient (Wildman–Crippen LogP) is 2.85. The molecule has 0 unspecified atom stereocenters. The van der Waals surface area contributed by atoms with E-state index in [1.165, 1.54) is 5.56 Å². The van der Waals surface area contributed by atoms with Crippen LogP contribution < -0.4 is 0 Å². The van der Waals surface area contributed by atoms with Crippen LogP contribution >= 0.6 is 38.5 Å². The predicted molar refractivity (Wildman–Crippen MR) is 57.5 cm³/mol. The van der Waals surface area contributed by atoms with Crippen LogP contribution in [0.2, 0.25) is 0 Å². The Morgan fingerprint density at radius 1 is 1.55 bits per heavy atom. The topological polar surface area (TPSA) is 20.2 Å². The van der Waals surface area contributed by atoms with Crippen molar-refractivity contribution < 1.29 is 5.11 Å². The second-order valence-electron chi connectivity index (χ2n) is 2.38. The molecule has 1 nitrogen and oxygen atoms in total. The van der Waals surface area contributed by atoms with E-state index in [0.29, 0.717) is 0 Å². The van der Waals surface area contributed by atoms with Gasteiger partial charge in [0.2, 0.25) is 0 Å². The number of halogens is 2. The minimum Gasteiger partial charge on any atom is -0.392 e. The molecule has 1 aromatic carbocycles. The third-order valence-corrected chi connectivity index (χ3v) is 3.95. The lowest BCUT2D eigenvalue weighted by atomic mass is 10.1. The molecular weight excluding hydrogens is 319 g/mol. The lowest BCUT2D eigenvalue weighted by Gasteiger charge is -2.04. The van der Waals surface area contributed by atoms with Gasteiger partial charge in [0, 0.05) is 8.04 Å². The summed E-state index contributed by atoms with van der Waals surface area (Å²) >= 11 is 5.65. The van der Waals surface area contributed by atoms with Gasteiger partial charge in [0.15, 0.2) is 0 Å². The molecule has 3 heteroatoms. The first-order chi connectivity index (χ1) is 5.15. The number of aliphatic hydroxyl groups excluding tert-OH is 1. The standard InChI is InChI=1S/C8H8BrIO/c1-5-2-6(4-11)8(9)7(10)3-5/h2-3,11H,4H2,1H3. The third kappa shape index (κ3) is 2.16. The molecule has 0 aliphatic carbocycles. The van der Waals surface area contributed by atoms with E-state index in [1.807, 2.05) is 13.0 Å². The van der Waals surface area contributed by atoms with E-state index in [9.17, 15) is 0 Å². The van der Waals surface area contributed by atoms with Gasteiger partial charge in [-0.25, -0.2) is 0 Å². The van der Waals surface area contributed by atoms with Gasteiger partial charge in [-0.05, 0) is 62.6 Å². The molecule has 60 valence electrons. The second-order valence-corrected chi connectivity index (χ2v) is 4.33. The van der Waals surface area contributed by atoms with E-state index in [4.69, 9.17) is 5.11 Å². The summed E-state index contributed by atoms with van der Waals surface area (Å²) in [4.78, 5) is 0. The van der Waals surface area contributed by atoms with Crippen molar-refractivity contribution in [3.05, 3.63) is 31.3 Å². The quantitative estimate of drug-likeness (QED) is 0.787. The van der Waals surface area contributed by atoms with Crippen molar-refractivity contribution in [2.75, 3.05) is 0 Å². The van der Waals surface area contributed by atoms with E-state index in [-0.39, 0.29) is 6.61 Å². The van der Waals surface area contributed by atoms with E-state index >= 15 is 0 Å². The first kappa shape index (κ1) is 9.48. The molecule has 0 amide bonds. The maximum atomic E-state index is 8.93. The van der Waals surface area contributed by atoms with Crippen LogP contribution in [0.5, 0.6) is 0 Å². The lowest BCUT2D eigenvalue weighted by molar-refractivity contribution is 0.281. The SMILES string of the molecule is Cc1cc(I)c(Br)c(CO)c1. The molecule has 0 saturated carbocycles. The van der Waals surface area contributed by atoms with Crippen molar-refractivity contribution in [3.63, 3.8) is 0 Å². The van der Waals surface area contributed by atoms with Gasteiger partial charge in [-0.3, -0.25) is 0 Å². The molecule has 1 N–H and O–H groups in total. The molecule has 0 fully saturated rings. The number of hydrogen-bond donors (Lipinski definition) is 1. The van der Waals surface area contributed by atoms with Crippen molar-refractivity contribution in [1.29, 1.82) is 0 Å². The molecule has 0 atom stereocenters. The fourth-order valence-electron chi connectivity index (χ4n) is 0.912. The molecule has 1 aromatic rings. The summed E-state index contributed by atoms with van der Waals surface area (Å²) in [5, 5.41) is 8.93. The fourth-order valence-corrected chi connectivity index (χ4v) is 2.10. The van der Waals surface area contributed by atoms with Crippen molar-refractivity contribution in [1.82, 2.24) is 0 Å². The van der Waals surface area contributed by atoms with Crippen LogP contribution in [0.25, 0.3) is 0 Å². The first-order valence-electron chi connectivity index (χ1n) is 3.20. The molecule has 0 aliphatic rings. The summed E-state index contributed by atoms with van der Waals surface area (Å²) in [7, 11) is 0. The van der Waals surface area contributed by atoms with Gasteiger partial charge in [0.25, 0.3) is 0 Å². The number of benzene rings is 1. The van der Waals surface area contributed by atoms with Crippen LogP contribution in [0.3, 0.4) is 0 Å². The molecule has 0 spiro atoms. The Morgan fingerprint density at radius 2 is 2.18 bits per heavy atom. The highest BCUT2D eigenvalue weighted by molar-refractivity contribution is 14.1. The Balaban J connectivity index is 3.24. The summed E-state index contributed by atoms with van der Waals surface area (Å²) in [6.07, 6.45) is 0. The summed E-state index contributed by atoms with van der Waals surface area (Å²) in [6.45, 7) is 2.12. The van der Waals surface area contributed by atoms with Crippen molar-refractivity contribution in [2.45, 2.75) is 13.5 Å². The summed E-state index contributed by atoms with van der Waals surface area (Å²) < 4.78 is 2.15. The zero-order valence-electron chi connectivity index (χ0n) is 6.06. The van der Waals surface area contributed by atoms with Gasteiger partial charge >= 0.3 is 0 Å². The van der Waals surface area contributed by atoms with Crippen LogP contribution in [0, 0.1) is 10.5 Å². The van der Waals surface area contributed by atoms with Crippen molar-refractivity contribution >= 4 is 38.5 Å². The molecule has 11 heavy (non-hydrogen) atoms. The Labute approximate surface area is 88.1 Å². The van der Waals surface area contributed by atoms with Crippen LogP contribution in [0.1, 0.15) is 11.1 Å². The van der Waals surface area contributed by atoms with E-state index < -0.39 is 0 Å². The summed E-state index contributed by atoms with van der Waals surface area (Å²) in [5.74, 6) is 0. The van der Waals surface area contributed by atoms with E-state index in [2.05, 4.69) is 44.6 Å². The van der Waals surface area contributed by atoms with Crippen LogP contribution in [0.4, 0.5) is 0 Å². The largest absolute Gasteiger partial charge is 0.392 e. The molecule has 1 rings (SSSR count). The number of rotatable bonds is 1. The maximum Gasteiger partial charge on any atom is 0.0693 e. The minimum atomic E-state index is 0.0955. The number of aryl methyl sites for hydroxylation is 1. The highest BCUT2D eigenvalue weighted by Gasteiger charge is 2.02. The second kappa shape index (κ2) is 3.87. The smallest absolute Gasteiger partial charge is 0.0693 e. The average molecular weight is 327 g/mol. The fraction of sp³-hybridized carbons (Fsp3) is 0.250. The molecule has 0 bridgehead atoms. The summed E-state index contributed by atoms with van der Waals surface area (Å²) in [5.41, 5.74) is 2.14. The van der Waals surface area contributed by atoms with Crippen LogP contribution in [-0.4, -0.2) is 5.11 Å². The van der Waals surface area contributed by atoms with Gasteiger partial charge in [-0.1, -0.05) is 6.07 Å². The molecular formula is C8H8BrIO. The van der Waals surface area contributed by atoms with Gasteiger partial charge in [0.1, 0.15) is 0 Å². The Bertz CT molecular complexity index is 273. The van der Waals surface area contributed by atoms with Crippen molar-refractivity contribution in [2.24, 2.45) is 0 Å². The maximum absolute atomic E-state index is 8.93. The number of hydrogen-bond acceptors (Lipinski definition) is 1. The molecule has 0 heterocycles. The third-order valence-electron chi connectivity index (χ3n) is 1.42. The Kier molecular flexibility index (Phi) is 3.33. The zero-order chi connectivity index (χ0) is 8.43. The highest BCUT2D eigenvalue weighted by atomic mass is 127. The van der Waals surface area contributed by atoms with Gasteiger partial charge in [-0.15, -0.1) is 0 Å². The molecule has 0 aliphatic heterocycles. The number of aliphatic hydroxyl groups is 1. The van der Waals surface area contributed by atoms with Gasteiger partial charge < -0.3 is 5.11 Å². The Hall–Kier alpha value is 0.390. The highest BCUT2D eigenvalue weighted by Crippen LogP contribution is 2.24. The molecule has 0 radical (unpaired) electrons. The van der Waals surface area contributed by atoms with Crippen molar-refractivity contribution in [3.8, 4) is 0 Å². The van der Waals surface area contributed by atoms with Crippen LogP contribution in [-0.2, 0) is 6.61 Å². The minimum absolute atomic E-state index is 0.0955. The van der Waals surface area contributed by atoms with Gasteiger partial charge in [0.05, 0.1) is 6.61 Å². The van der Waals surface area contributed by atoms with E-state index in [1.54, 1.807) is 0 Å². The molecule has 0 saturated heterocycles. The average Bonchev–Trinajstić information content (AvgIpc) is 1.96. The van der Waals surface area contributed by atoms with E-state index in [0.717, 1.165) is 13.6 Å². The van der Waals surface area contributed by atoms with Crippen LogP contribution in [0.15, 0.2) is 16.6 Å². The normalized spacial score (nSPS) is 10.2.